The average Bonchev–Trinajstić information content (AvgIpc) is 2.49. The molecule has 124 valence electrons. The molecule has 0 saturated heterocycles. The van der Waals surface area contributed by atoms with Crippen molar-refractivity contribution in [3.05, 3.63) is 43.3 Å². The Labute approximate surface area is 132 Å². The van der Waals surface area contributed by atoms with E-state index in [1.807, 2.05) is 44.2 Å². The zero-order valence-electron chi connectivity index (χ0n) is 13.7. The second-order valence-corrected chi connectivity index (χ2v) is 5.27. The Kier molecular flexibility index (Phi) is 9.87. The van der Waals surface area contributed by atoms with Gasteiger partial charge in [-0.3, -0.25) is 4.79 Å². The second-order valence-electron chi connectivity index (χ2n) is 5.27. The third-order valence-corrected chi connectivity index (χ3v) is 3.12. The Hall–Kier alpha value is -1.88. The van der Waals surface area contributed by atoms with Crippen LogP contribution in [0.3, 0.4) is 0 Å². The molecule has 5 heteroatoms. The van der Waals surface area contributed by atoms with Gasteiger partial charge in [0.2, 0.25) is 0 Å². The molecular weight excluding hydrogens is 282 g/mol. The summed E-state index contributed by atoms with van der Waals surface area (Å²) in [6.07, 6.45) is 0.702. The predicted molar refractivity (Wildman–Crippen MR) is 84.4 cm³/mol. The van der Waals surface area contributed by atoms with Gasteiger partial charge >= 0.3 is 11.9 Å². The minimum Gasteiger partial charge on any atom is -0.461 e. The van der Waals surface area contributed by atoms with Gasteiger partial charge in [0.25, 0.3) is 0 Å². The fraction of sp³-hybridized carbons (Fsp3) is 0.471. The molecule has 0 bridgehead atoms. The molecule has 0 saturated carbocycles. The Balaban J connectivity index is 0.00000441. The molecule has 0 aliphatic rings. The van der Waals surface area contributed by atoms with Crippen LogP contribution in [0.1, 0.15) is 32.3 Å². The Morgan fingerprint density at radius 2 is 1.77 bits per heavy atom. The number of rotatable bonds is 8. The van der Waals surface area contributed by atoms with Gasteiger partial charge < -0.3 is 22.6 Å². The summed E-state index contributed by atoms with van der Waals surface area (Å²) in [6, 6.07) is 9.13. The van der Waals surface area contributed by atoms with Gasteiger partial charge in [-0.1, -0.05) is 44.2 Å². The standard InChI is InChI=1S/C16H23NO4.CH3/c1-12(2)15(17)16(19)20-10-6-9-14(18)21-11-13-7-4-3-5-8-13;/h3-5,7-8,12,15H,6,9-11,17H2,1-2H3;1H3/q;-1/p+1/t15-;/m0./s1. The van der Waals surface area contributed by atoms with Crippen molar-refractivity contribution in [1.29, 1.82) is 0 Å². The molecule has 1 aromatic carbocycles. The number of ether oxygens (including phenoxy) is 2. The Morgan fingerprint density at radius 3 is 2.36 bits per heavy atom. The van der Waals surface area contributed by atoms with E-state index in [2.05, 4.69) is 5.73 Å². The first-order valence-corrected chi connectivity index (χ1v) is 7.20. The first-order chi connectivity index (χ1) is 10.0. The van der Waals surface area contributed by atoms with Gasteiger partial charge in [0, 0.05) is 12.3 Å². The highest BCUT2D eigenvalue weighted by Crippen LogP contribution is 2.04. The fourth-order valence-corrected chi connectivity index (χ4v) is 1.58. The van der Waals surface area contributed by atoms with E-state index in [-0.39, 0.29) is 51.0 Å². The second kappa shape index (κ2) is 10.8. The van der Waals surface area contributed by atoms with E-state index < -0.39 is 0 Å². The molecule has 0 spiro atoms. The summed E-state index contributed by atoms with van der Waals surface area (Å²) in [6.45, 7) is 4.32. The maximum atomic E-state index is 11.5. The minimum atomic E-state index is -0.366. The molecule has 0 fully saturated rings. The van der Waals surface area contributed by atoms with E-state index in [0.717, 1.165) is 5.56 Å². The molecule has 1 atom stereocenters. The lowest BCUT2D eigenvalue weighted by atomic mass is 10.1. The molecule has 0 aromatic heterocycles. The fourth-order valence-electron chi connectivity index (χ4n) is 1.58. The molecule has 0 radical (unpaired) electrons. The van der Waals surface area contributed by atoms with Gasteiger partial charge in [-0.15, -0.1) is 0 Å². The summed E-state index contributed by atoms with van der Waals surface area (Å²) in [4.78, 5) is 23.1. The molecule has 22 heavy (non-hydrogen) atoms. The third-order valence-electron chi connectivity index (χ3n) is 3.12. The maximum Gasteiger partial charge on any atom is 0.365 e. The van der Waals surface area contributed by atoms with Gasteiger partial charge in [0.1, 0.15) is 6.61 Å². The first kappa shape index (κ1) is 20.1. The summed E-state index contributed by atoms with van der Waals surface area (Å²) in [5, 5.41) is 0. The number of carbonyl (C=O) groups is 2. The van der Waals surface area contributed by atoms with Crippen molar-refractivity contribution < 1.29 is 24.8 Å². The Bertz CT molecular complexity index is 445. The van der Waals surface area contributed by atoms with Crippen LogP contribution in [0.25, 0.3) is 0 Å². The molecule has 0 amide bonds. The van der Waals surface area contributed by atoms with Crippen LogP contribution in [0.15, 0.2) is 30.3 Å². The van der Waals surface area contributed by atoms with Crippen LogP contribution in [0, 0.1) is 13.3 Å². The monoisotopic (exact) mass is 309 g/mol. The number of carbonyl (C=O) groups excluding carboxylic acids is 2. The van der Waals surface area contributed by atoms with Crippen LogP contribution in [0.4, 0.5) is 0 Å². The number of hydrogen-bond donors (Lipinski definition) is 1. The molecule has 5 nitrogen and oxygen atoms in total. The van der Waals surface area contributed by atoms with E-state index in [9.17, 15) is 9.59 Å². The highest BCUT2D eigenvalue weighted by molar-refractivity contribution is 5.74. The van der Waals surface area contributed by atoms with Crippen molar-refractivity contribution in [1.82, 2.24) is 0 Å². The smallest absolute Gasteiger partial charge is 0.365 e. The summed E-state index contributed by atoms with van der Waals surface area (Å²) in [7, 11) is 0. The first-order valence-electron chi connectivity index (χ1n) is 7.20. The number of quaternary nitrogens is 1. The summed E-state index contributed by atoms with van der Waals surface area (Å²) < 4.78 is 10.2. The van der Waals surface area contributed by atoms with Crippen LogP contribution in [-0.2, 0) is 25.7 Å². The third kappa shape index (κ3) is 7.78. The van der Waals surface area contributed by atoms with Crippen molar-refractivity contribution >= 4 is 11.9 Å². The average molecular weight is 309 g/mol. The van der Waals surface area contributed by atoms with Crippen molar-refractivity contribution in [2.45, 2.75) is 39.3 Å². The Morgan fingerprint density at radius 1 is 1.14 bits per heavy atom. The van der Waals surface area contributed by atoms with Gasteiger partial charge in [-0.2, -0.15) is 0 Å². The highest BCUT2D eigenvalue weighted by atomic mass is 16.5. The zero-order chi connectivity index (χ0) is 15.7. The van der Waals surface area contributed by atoms with Crippen LogP contribution in [0.2, 0.25) is 0 Å². The molecular formula is C17H27NO4. The molecule has 1 aromatic rings. The number of esters is 2. The van der Waals surface area contributed by atoms with Crippen molar-refractivity contribution in [2.24, 2.45) is 5.92 Å². The summed E-state index contributed by atoms with van der Waals surface area (Å²) in [5.74, 6) is -0.457. The topological polar surface area (TPSA) is 80.2 Å². The predicted octanol–water partition coefficient (Wildman–Crippen LogP) is 1.77. The van der Waals surface area contributed by atoms with Crippen LogP contribution < -0.4 is 5.73 Å². The molecule has 0 aliphatic carbocycles. The largest absolute Gasteiger partial charge is 0.461 e. The minimum absolute atomic E-state index is 0. The van der Waals surface area contributed by atoms with E-state index in [0.29, 0.717) is 6.42 Å². The van der Waals surface area contributed by atoms with Crippen molar-refractivity contribution in [3.8, 4) is 0 Å². The van der Waals surface area contributed by atoms with E-state index in [1.54, 1.807) is 0 Å². The van der Waals surface area contributed by atoms with Gasteiger partial charge in [-0.25, -0.2) is 4.79 Å². The van der Waals surface area contributed by atoms with Crippen LogP contribution in [-0.4, -0.2) is 24.6 Å². The van der Waals surface area contributed by atoms with Crippen molar-refractivity contribution in [2.75, 3.05) is 6.61 Å². The van der Waals surface area contributed by atoms with E-state index in [1.165, 1.54) is 0 Å². The van der Waals surface area contributed by atoms with E-state index >= 15 is 0 Å². The quantitative estimate of drug-likeness (QED) is 0.451. The lowest BCUT2D eigenvalue weighted by Gasteiger charge is -2.11. The molecule has 0 aliphatic heterocycles. The molecule has 0 unspecified atom stereocenters. The molecule has 1 rings (SSSR count). The van der Waals surface area contributed by atoms with Gasteiger partial charge in [-0.05, 0) is 12.0 Å². The van der Waals surface area contributed by atoms with Crippen LogP contribution >= 0.6 is 0 Å². The van der Waals surface area contributed by atoms with Gasteiger partial charge in [0.15, 0.2) is 6.04 Å². The zero-order valence-corrected chi connectivity index (χ0v) is 13.7. The maximum absolute atomic E-state index is 11.5. The van der Waals surface area contributed by atoms with Crippen molar-refractivity contribution in [3.63, 3.8) is 0 Å². The summed E-state index contributed by atoms with van der Waals surface area (Å²) >= 11 is 0. The highest BCUT2D eigenvalue weighted by Gasteiger charge is 2.22. The van der Waals surface area contributed by atoms with E-state index in [4.69, 9.17) is 9.47 Å². The van der Waals surface area contributed by atoms with Gasteiger partial charge in [0.05, 0.1) is 6.61 Å². The SMILES string of the molecule is CC(C)[C@H]([NH3+])C(=O)OCCCC(=O)OCc1ccccc1.[CH3-]. The van der Waals surface area contributed by atoms with Crippen LogP contribution in [0.5, 0.6) is 0 Å². The lowest BCUT2D eigenvalue weighted by Crippen LogP contribution is -2.67. The number of benzene rings is 1. The molecule has 3 N–H and O–H groups in total. The summed E-state index contributed by atoms with van der Waals surface area (Å²) in [5.41, 5.74) is 4.70. The number of hydrogen-bond acceptors (Lipinski definition) is 4. The molecule has 0 heterocycles. The normalized spacial score (nSPS) is 11.5. The lowest BCUT2D eigenvalue weighted by molar-refractivity contribution is -0.418.